The Morgan fingerprint density at radius 1 is 1.35 bits per heavy atom. The predicted octanol–water partition coefficient (Wildman–Crippen LogP) is 2.06. The van der Waals surface area contributed by atoms with Gasteiger partial charge in [0.1, 0.15) is 16.4 Å². The second kappa shape index (κ2) is 6.49. The molecule has 2 fully saturated rings. The molecule has 4 N–H and O–H groups in total. The van der Waals surface area contributed by atoms with Crippen LogP contribution in [-0.2, 0) is 4.74 Å². The molecule has 4 rings (SSSR count). The summed E-state index contributed by atoms with van der Waals surface area (Å²) in [6.07, 6.45) is 2.74. The largest absolute Gasteiger partial charge is 0.441 e. The molecule has 0 saturated carbocycles. The van der Waals surface area contributed by atoms with Crippen LogP contribution in [0.1, 0.15) is 23.2 Å². The van der Waals surface area contributed by atoms with E-state index in [9.17, 15) is 9.59 Å². The fourth-order valence-corrected chi connectivity index (χ4v) is 3.85. The van der Waals surface area contributed by atoms with Gasteiger partial charge < -0.3 is 26.0 Å². The molecule has 0 bridgehead atoms. The van der Waals surface area contributed by atoms with Crippen LogP contribution in [-0.4, -0.2) is 42.2 Å². The zero-order valence-corrected chi connectivity index (χ0v) is 14.8. The standard InChI is InChI=1S/C17H19N5O3S/c18-14-12(3-8-26-14)21-15(23)11-1-2-13(19-9-11)22-6-4-17(5-7-22)10-20-16(24)25-17/h1-3,8-9H,4-7,10,18H2,(H,20,24)(H,21,23). The van der Waals surface area contributed by atoms with E-state index in [1.54, 1.807) is 18.3 Å². The summed E-state index contributed by atoms with van der Waals surface area (Å²) < 4.78 is 5.42. The zero-order valence-electron chi connectivity index (χ0n) is 14.0. The SMILES string of the molecule is Nc1sccc1NC(=O)c1ccc(N2CCC3(CC2)CNC(=O)O3)nc1. The summed E-state index contributed by atoms with van der Waals surface area (Å²) in [5.41, 5.74) is 6.50. The number of nitrogens with zero attached hydrogens (tertiary/aromatic N) is 2. The van der Waals surface area contributed by atoms with Gasteiger partial charge in [-0.3, -0.25) is 4.79 Å². The van der Waals surface area contributed by atoms with E-state index >= 15 is 0 Å². The fraction of sp³-hybridized carbons (Fsp3) is 0.353. The number of carbonyl (C=O) groups is 2. The van der Waals surface area contributed by atoms with Crippen molar-refractivity contribution in [1.29, 1.82) is 0 Å². The second-order valence-electron chi connectivity index (χ2n) is 6.47. The van der Waals surface area contributed by atoms with E-state index in [0.717, 1.165) is 31.7 Å². The van der Waals surface area contributed by atoms with Crippen molar-refractivity contribution in [2.45, 2.75) is 18.4 Å². The number of hydrogen-bond donors (Lipinski definition) is 3. The zero-order chi connectivity index (χ0) is 18.1. The van der Waals surface area contributed by atoms with Crippen LogP contribution in [0.3, 0.4) is 0 Å². The van der Waals surface area contributed by atoms with Gasteiger partial charge in [-0.25, -0.2) is 9.78 Å². The molecule has 2 saturated heterocycles. The third-order valence-electron chi connectivity index (χ3n) is 4.82. The Labute approximate surface area is 154 Å². The molecule has 0 unspecified atom stereocenters. The van der Waals surface area contributed by atoms with Crippen molar-refractivity contribution in [3.63, 3.8) is 0 Å². The Hall–Kier alpha value is -2.81. The minimum absolute atomic E-state index is 0.240. The Balaban J connectivity index is 1.38. The van der Waals surface area contributed by atoms with Crippen LogP contribution in [0.4, 0.5) is 21.3 Å². The highest BCUT2D eigenvalue weighted by Crippen LogP contribution is 2.31. The highest BCUT2D eigenvalue weighted by atomic mass is 32.1. The maximum absolute atomic E-state index is 12.3. The summed E-state index contributed by atoms with van der Waals surface area (Å²) in [6, 6.07) is 5.36. The van der Waals surface area contributed by atoms with E-state index in [0.29, 0.717) is 22.8 Å². The van der Waals surface area contributed by atoms with Crippen molar-refractivity contribution in [2.75, 3.05) is 35.6 Å². The van der Waals surface area contributed by atoms with Crippen molar-refractivity contribution in [2.24, 2.45) is 0 Å². The maximum Gasteiger partial charge on any atom is 0.407 e. The monoisotopic (exact) mass is 373 g/mol. The maximum atomic E-state index is 12.3. The van der Waals surface area contributed by atoms with Crippen molar-refractivity contribution < 1.29 is 14.3 Å². The van der Waals surface area contributed by atoms with Gasteiger partial charge in [-0.05, 0) is 23.6 Å². The number of hydrogen-bond acceptors (Lipinski definition) is 7. The lowest BCUT2D eigenvalue weighted by molar-refractivity contribution is 0.0366. The summed E-state index contributed by atoms with van der Waals surface area (Å²) >= 11 is 1.38. The molecule has 2 aromatic rings. The van der Waals surface area contributed by atoms with Gasteiger partial charge in [0.25, 0.3) is 5.91 Å². The van der Waals surface area contributed by atoms with E-state index in [1.807, 2.05) is 11.4 Å². The average molecular weight is 373 g/mol. The lowest BCUT2D eigenvalue weighted by Crippen LogP contribution is -2.46. The number of ether oxygens (including phenoxy) is 1. The third kappa shape index (κ3) is 3.17. The molecule has 9 heteroatoms. The minimum atomic E-state index is -0.381. The summed E-state index contributed by atoms with van der Waals surface area (Å²) in [4.78, 5) is 30.1. The molecule has 0 radical (unpaired) electrons. The van der Waals surface area contributed by atoms with Crippen LogP contribution < -0.4 is 21.3 Å². The summed E-state index contributed by atoms with van der Waals surface area (Å²) in [6.45, 7) is 2.07. The molecule has 136 valence electrons. The van der Waals surface area contributed by atoms with Crippen LogP contribution in [0, 0.1) is 0 Å². The van der Waals surface area contributed by atoms with Crippen LogP contribution in [0.5, 0.6) is 0 Å². The first-order valence-electron chi connectivity index (χ1n) is 8.37. The van der Waals surface area contributed by atoms with E-state index < -0.39 is 0 Å². The number of aromatic nitrogens is 1. The van der Waals surface area contributed by atoms with Crippen LogP contribution in [0.15, 0.2) is 29.8 Å². The average Bonchev–Trinajstić information content (AvgIpc) is 3.22. The molecule has 0 aromatic carbocycles. The molecule has 2 aliphatic heterocycles. The van der Waals surface area contributed by atoms with E-state index in [1.165, 1.54) is 11.3 Å². The van der Waals surface area contributed by atoms with Gasteiger partial charge in [0, 0.05) is 32.1 Å². The Morgan fingerprint density at radius 3 is 2.73 bits per heavy atom. The summed E-state index contributed by atoms with van der Waals surface area (Å²) in [5.74, 6) is 0.569. The Morgan fingerprint density at radius 2 is 2.15 bits per heavy atom. The first kappa shape index (κ1) is 16.6. The number of alkyl carbamates (subject to hydrolysis) is 1. The molecular weight excluding hydrogens is 354 g/mol. The number of piperidine rings is 1. The van der Waals surface area contributed by atoms with Crippen molar-refractivity contribution in [1.82, 2.24) is 10.3 Å². The first-order chi connectivity index (χ1) is 12.5. The summed E-state index contributed by atoms with van der Waals surface area (Å²) in [7, 11) is 0. The number of nitrogens with two attached hydrogens (primary N) is 1. The normalized spacial score (nSPS) is 18.5. The summed E-state index contributed by atoms with van der Waals surface area (Å²) in [5, 5.41) is 7.91. The van der Waals surface area contributed by atoms with E-state index in [2.05, 4.69) is 20.5 Å². The van der Waals surface area contributed by atoms with Crippen LogP contribution in [0.2, 0.25) is 0 Å². The Bertz CT molecular complexity index is 827. The molecular formula is C17H19N5O3S. The van der Waals surface area contributed by atoms with Gasteiger partial charge >= 0.3 is 6.09 Å². The van der Waals surface area contributed by atoms with Gasteiger partial charge in [-0.1, -0.05) is 0 Å². The van der Waals surface area contributed by atoms with Crippen molar-refractivity contribution in [3.05, 3.63) is 35.3 Å². The van der Waals surface area contributed by atoms with Crippen molar-refractivity contribution >= 4 is 39.8 Å². The minimum Gasteiger partial charge on any atom is -0.441 e. The topological polar surface area (TPSA) is 110 Å². The number of thiophene rings is 1. The number of anilines is 3. The number of rotatable bonds is 3. The molecule has 2 amide bonds. The van der Waals surface area contributed by atoms with Crippen molar-refractivity contribution in [3.8, 4) is 0 Å². The lowest BCUT2D eigenvalue weighted by Gasteiger charge is -2.37. The highest BCUT2D eigenvalue weighted by molar-refractivity contribution is 7.14. The van der Waals surface area contributed by atoms with Gasteiger partial charge in [0.15, 0.2) is 0 Å². The fourth-order valence-electron chi connectivity index (χ4n) is 3.25. The van der Waals surface area contributed by atoms with Crippen LogP contribution >= 0.6 is 11.3 Å². The van der Waals surface area contributed by atoms with E-state index in [-0.39, 0.29) is 17.6 Å². The number of amides is 2. The molecule has 8 nitrogen and oxygen atoms in total. The lowest BCUT2D eigenvalue weighted by atomic mass is 9.91. The van der Waals surface area contributed by atoms with Gasteiger partial charge in [-0.15, -0.1) is 11.3 Å². The Kier molecular flexibility index (Phi) is 4.15. The smallest absolute Gasteiger partial charge is 0.407 e. The second-order valence-corrected chi connectivity index (χ2v) is 7.42. The van der Waals surface area contributed by atoms with Gasteiger partial charge in [0.2, 0.25) is 0 Å². The van der Waals surface area contributed by atoms with Gasteiger partial charge in [-0.2, -0.15) is 0 Å². The molecule has 0 atom stereocenters. The number of nitrogens with one attached hydrogen (secondary N) is 2. The quantitative estimate of drug-likeness (QED) is 0.760. The molecule has 26 heavy (non-hydrogen) atoms. The molecule has 2 aliphatic rings. The third-order valence-corrected chi connectivity index (χ3v) is 5.56. The predicted molar refractivity (Wildman–Crippen MR) is 99.6 cm³/mol. The molecule has 0 aliphatic carbocycles. The molecule has 1 spiro atoms. The number of nitrogen functional groups attached to an aromatic ring is 1. The van der Waals surface area contributed by atoms with Gasteiger partial charge in [0.05, 0.1) is 17.8 Å². The van der Waals surface area contributed by atoms with E-state index in [4.69, 9.17) is 10.5 Å². The highest BCUT2D eigenvalue weighted by Gasteiger charge is 2.43. The number of pyridine rings is 1. The number of carbonyl (C=O) groups excluding carboxylic acids is 2. The molecule has 2 aromatic heterocycles. The first-order valence-corrected chi connectivity index (χ1v) is 9.25. The van der Waals surface area contributed by atoms with Crippen LogP contribution in [0.25, 0.3) is 0 Å². The molecule has 4 heterocycles.